The van der Waals surface area contributed by atoms with E-state index < -0.39 is 0 Å². The monoisotopic (exact) mass is 277 g/mol. The standard InChI is InChI=1S/C20H23N/c1-3-10-17(11-4-2)18-12-9-15-20(16-18)21-19-13-7-5-6-8-14-19/h3,5-7,9-10,12-16,21H,1,4,8,11H2,2H3/b17-10+. The van der Waals surface area contributed by atoms with E-state index in [1.165, 1.54) is 11.1 Å². The average molecular weight is 277 g/mol. The average Bonchev–Trinajstić information content (AvgIpc) is 2.76. The summed E-state index contributed by atoms with van der Waals surface area (Å²) in [6, 6.07) is 8.57. The van der Waals surface area contributed by atoms with Crippen molar-refractivity contribution in [3.63, 3.8) is 0 Å². The SMILES string of the molecule is C=C/C=C(\CCC)c1cccc(NC2=CCC=CC=C2)c1. The Labute approximate surface area is 128 Å². The van der Waals surface area contributed by atoms with Crippen LogP contribution in [0.2, 0.25) is 0 Å². The minimum atomic E-state index is 0.965. The predicted octanol–water partition coefficient (Wildman–Crippen LogP) is 5.87. The molecule has 0 aliphatic heterocycles. The first kappa shape index (κ1) is 15.1. The van der Waals surface area contributed by atoms with Crippen molar-refractivity contribution in [3.05, 3.63) is 84.6 Å². The fourth-order valence-corrected chi connectivity index (χ4v) is 2.37. The Balaban J connectivity index is 2.19. The van der Waals surface area contributed by atoms with Crippen molar-refractivity contribution in [1.82, 2.24) is 0 Å². The van der Waals surface area contributed by atoms with Gasteiger partial charge in [0, 0.05) is 11.4 Å². The van der Waals surface area contributed by atoms with Crippen LogP contribution in [-0.2, 0) is 0 Å². The molecule has 21 heavy (non-hydrogen) atoms. The molecule has 0 fully saturated rings. The van der Waals surface area contributed by atoms with Gasteiger partial charge in [0.05, 0.1) is 0 Å². The number of allylic oxidation sites excluding steroid dienone is 8. The summed E-state index contributed by atoms with van der Waals surface area (Å²) in [5.74, 6) is 0. The fraction of sp³-hybridized carbons (Fsp3) is 0.200. The van der Waals surface area contributed by atoms with Crippen LogP contribution in [0, 0.1) is 0 Å². The van der Waals surface area contributed by atoms with Crippen LogP contribution >= 0.6 is 0 Å². The first-order valence-electron chi connectivity index (χ1n) is 7.56. The van der Waals surface area contributed by atoms with E-state index >= 15 is 0 Å². The van der Waals surface area contributed by atoms with Crippen LogP contribution in [-0.4, -0.2) is 0 Å². The zero-order chi connectivity index (χ0) is 14.9. The normalized spacial score (nSPS) is 14.5. The van der Waals surface area contributed by atoms with Gasteiger partial charge in [0.15, 0.2) is 0 Å². The maximum atomic E-state index is 3.82. The van der Waals surface area contributed by atoms with Gasteiger partial charge in [0.2, 0.25) is 0 Å². The van der Waals surface area contributed by atoms with E-state index in [1.54, 1.807) is 0 Å². The smallest absolute Gasteiger partial charge is 0.0390 e. The van der Waals surface area contributed by atoms with Gasteiger partial charge in [-0.25, -0.2) is 0 Å². The fourth-order valence-electron chi connectivity index (χ4n) is 2.37. The third-order valence-corrected chi connectivity index (χ3v) is 3.36. The third kappa shape index (κ3) is 4.64. The number of rotatable bonds is 6. The molecule has 1 heteroatoms. The van der Waals surface area contributed by atoms with Crippen LogP contribution in [0.5, 0.6) is 0 Å². The summed E-state index contributed by atoms with van der Waals surface area (Å²) in [4.78, 5) is 0. The molecule has 1 aliphatic rings. The second-order valence-electron chi connectivity index (χ2n) is 5.07. The molecule has 0 saturated carbocycles. The minimum absolute atomic E-state index is 0.965. The lowest BCUT2D eigenvalue weighted by atomic mass is 10.0. The zero-order valence-corrected chi connectivity index (χ0v) is 12.7. The first-order chi connectivity index (χ1) is 10.3. The molecule has 1 nitrogen and oxygen atoms in total. The third-order valence-electron chi connectivity index (χ3n) is 3.36. The second kappa shape index (κ2) is 8.11. The van der Waals surface area contributed by atoms with Gasteiger partial charge in [-0.15, -0.1) is 0 Å². The number of hydrogen-bond donors (Lipinski definition) is 1. The van der Waals surface area contributed by atoms with E-state index in [4.69, 9.17) is 0 Å². The van der Waals surface area contributed by atoms with Gasteiger partial charge in [-0.3, -0.25) is 0 Å². The van der Waals surface area contributed by atoms with Crippen molar-refractivity contribution in [2.24, 2.45) is 0 Å². The van der Waals surface area contributed by atoms with E-state index in [0.717, 1.165) is 30.6 Å². The molecule has 2 rings (SSSR count). The Morgan fingerprint density at radius 2 is 2.24 bits per heavy atom. The van der Waals surface area contributed by atoms with Crippen LogP contribution in [0.25, 0.3) is 5.57 Å². The van der Waals surface area contributed by atoms with Crippen LogP contribution in [0.4, 0.5) is 5.69 Å². The molecule has 0 bridgehead atoms. The molecule has 0 heterocycles. The van der Waals surface area contributed by atoms with Gasteiger partial charge in [0.1, 0.15) is 0 Å². The van der Waals surface area contributed by atoms with Crippen LogP contribution in [0.1, 0.15) is 31.7 Å². The Bertz CT molecular complexity index is 600. The lowest BCUT2D eigenvalue weighted by molar-refractivity contribution is 0.973. The van der Waals surface area contributed by atoms with Crippen LogP contribution in [0.15, 0.2) is 79.1 Å². The largest absolute Gasteiger partial charge is 0.356 e. The summed E-state index contributed by atoms with van der Waals surface area (Å²) >= 11 is 0. The summed E-state index contributed by atoms with van der Waals surface area (Å²) in [5.41, 5.74) is 4.86. The Hall–Kier alpha value is -2.28. The van der Waals surface area contributed by atoms with Gasteiger partial charge in [0.25, 0.3) is 0 Å². The topological polar surface area (TPSA) is 12.0 Å². The number of benzene rings is 1. The second-order valence-corrected chi connectivity index (χ2v) is 5.07. The van der Waals surface area contributed by atoms with E-state index in [2.05, 4.69) is 79.5 Å². The summed E-state index contributed by atoms with van der Waals surface area (Å²) < 4.78 is 0. The first-order valence-corrected chi connectivity index (χ1v) is 7.56. The van der Waals surface area contributed by atoms with Crippen molar-refractivity contribution in [1.29, 1.82) is 0 Å². The molecule has 0 aromatic heterocycles. The highest BCUT2D eigenvalue weighted by atomic mass is 14.9. The van der Waals surface area contributed by atoms with Crippen molar-refractivity contribution >= 4 is 11.3 Å². The molecule has 0 saturated heterocycles. The summed E-state index contributed by atoms with van der Waals surface area (Å²) in [7, 11) is 0. The molecule has 0 atom stereocenters. The molecule has 1 aromatic carbocycles. The molecule has 1 aliphatic carbocycles. The highest BCUT2D eigenvalue weighted by molar-refractivity contribution is 5.70. The van der Waals surface area contributed by atoms with Crippen molar-refractivity contribution < 1.29 is 0 Å². The molecule has 0 spiro atoms. The Morgan fingerprint density at radius 1 is 1.33 bits per heavy atom. The number of hydrogen-bond acceptors (Lipinski definition) is 1. The summed E-state index contributed by atoms with van der Waals surface area (Å²) in [5, 5.41) is 3.48. The van der Waals surface area contributed by atoms with E-state index in [0.29, 0.717) is 0 Å². The van der Waals surface area contributed by atoms with Gasteiger partial charge < -0.3 is 5.32 Å². The molecule has 0 unspecified atom stereocenters. The molecular formula is C20H23N. The molecule has 1 aromatic rings. The quantitative estimate of drug-likeness (QED) is 0.641. The maximum absolute atomic E-state index is 3.82. The molecule has 1 N–H and O–H groups in total. The molecule has 108 valence electrons. The molecule has 0 radical (unpaired) electrons. The van der Waals surface area contributed by atoms with Gasteiger partial charge >= 0.3 is 0 Å². The number of nitrogens with one attached hydrogen (secondary N) is 1. The van der Waals surface area contributed by atoms with Crippen molar-refractivity contribution in [2.75, 3.05) is 5.32 Å². The Kier molecular flexibility index (Phi) is 5.83. The Morgan fingerprint density at radius 3 is 3.05 bits per heavy atom. The molecule has 0 amide bonds. The van der Waals surface area contributed by atoms with Crippen molar-refractivity contribution in [3.8, 4) is 0 Å². The maximum Gasteiger partial charge on any atom is 0.0390 e. The van der Waals surface area contributed by atoms with Gasteiger partial charge in [-0.05, 0) is 42.2 Å². The highest BCUT2D eigenvalue weighted by Crippen LogP contribution is 2.24. The summed E-state index contributed by atoms with van der Waals surface area (Å²) in [6.45, 7) is 6.02. The van der Waals surface area contributed by atoms with Crippen molar-refractivity contribution in [2.45, 2.75) is 26.2 Å². The highest BCUT2D eigenvalue weighted by Gasteiger charge is 2.02. The van der Waals surface area contributed by atoms with E-state index in [-0.39, 0.29) is 0 Å². The van der Waals surface area contributed by atoms with E-state index in [9.17, 15) is 0 Å². The predicted molar refractivity (Wildman–Crippen MR) is 94.1 cm³/mol. The zero-order valence-electron chi connectivity index (χ0n) is 12.7. The van der Waals surface area contributed by atoms with Crippen LogP contribution < -0.4 is 5.32 Å². The van der Waals surface area contributed by atoms with E-state index in [1.807, 2.05) is 6.08 Å². The minimum Gasteiger partial charge on any atom is -0.356 e. The van der Waals surface area contributed by atoms with Crippen LogP contribution in [0.3, 0.4) is 0 Å². The van der Waals surface area contributed by atoms with Gasteiger partial charge in [-0.2, -0.15) is 0 Å². The molecular weight excluding hydrogens is 254 g/mol. The number of anilines is 1. The summed E-state index contributed by atoms with van der Waals surface area (Å²) in [6.07, 6.45) is 17.7. The lowest BCUT2D eigenvalue weighted by Gasteiger charge is -2.11. The van der Waals surface area contributed by atoms with Gasteiger partial charge in [-0.1, -0.05) is 68.5 Å². The lowest BCUT2D eigenvalue weighted by Crippen LogP contribution is -1.97.